The van der Waals surface area contributed by atoms with Gasteiger partial charge in [-0.3, -0.25) is 4.79 Å². The molecule has 17 heavy (non-hydrogen) atoms. The molecular formula is C14H18BrClO. The van der Waals surface area contributed by atoms with Crippen LogP contribution in [-0.4, -0.2) is 5.78 Å². The highest BCUT2D eigenvalue weighted by molar-refractivity contribution is 9.10. The molecule has 0 saturated carbocycles. The molecule has 94 valence electrons. The Hall–Kier alpha value is -0.340. The van der Waals surface area contributed by atoms with Crippen LogP contribution in [0.15, 0.2) is 22.7 Å². The number of hydrogen-bond donors (Lipinski definition) is 0. The minimum Gasteiger partial charge on any atom is -0.294 e. The van der Waals surface area contributed by atoms with Crippen LogP contribution in [-0.2, 0) is 0 Å². The Labute approximate surface area is 117 Å². The first-order valence-electron chi connectivity index (χ1n) is 6.14. The normalized spacial score (nSPS) is 10.5. The van der Waals surface area contributed by atoms with Crippen LogP contribution in [0.4, 0.5) is 0 Å². The molecule has 0 heterocycles. The van der Waals surface area contributed by atoms with Crippen LogP contribution in [0.25, 0.3) is 0 Å². The van der Waals surface area contributed by atoms with Crippen LogP contribution in [0, 0.1) is 0 Å². The monoisotopic (exact) mass is 316 g/mol. The molecule has 0 amide bonds. The number of benzene rings is 1. The number of Topliss-reactive ketones (excluding diaryl/α,β-unsaturated/α-hetero) is 1. The summed E-state index contributed by atoms with van der Waals surface area (Å²) in [6.07, 6.45) is 6.39. The highest BCUT2D eigenvalue weighted by Gasteiger charge is 2.11. The Bertz CT molecular complexity index is 376. The van der Waals surface area contributed by atoms with Gasteiger partial charge in [-0.15, -0.1) is 0 Å². The topological polar surface area (TPSA) is 17.1 Å². The van der Waals surface area contributed by atoms with E-state index in [1.807, 2.05) is 12.1 Å². The van der Waals surface area contributed by atoms with E-state index in [4.69, 9.17) is 11.6 Å². The fourth-order valence-electron chi connectivity index (χ4n) is 1.74. The van der Waals surface area contributed by atoms with Crippen molar-refractivity contribution in [3.05, 3.63) is 33.3 Å². The average Bonchev–Trinajstić information content (AvgIpc) is 2.32. The van der Waals surface area contributed by atoms with Crippen LogP contribution in [0.1, 0.15) is 55.8 Å². The number of halogens is 2. The predicted molar refractivity (Wildman–Crippen MR) is 76.9 cm³/mol. The van der Waals surface area contributed by atoms with E-state index in [0.717, 1.165) is 17.3 Å². The lowest BCUT2D eigenvalue weighted by Gasteiger charge is -2.05. The summed E-state index contributed by atoms with van der Waals surface area (Å²) in [6.45, 7) is 2.19. The summed E-state index contributed by atoms with van der Waals surface area (Å²) in [6, 6.07) is 5.49. The van der Waals surface area contributed by atoms with E-state index in [9.17, 15) is 4.79 Å². The standard InChI is InChI=1S/C14H18BrClO/c1-2-3-4-5-6-10-13(17)11-8-7-9-12(15)14(11)16/h7-9H,2-6,10H2,1H3. The number of carbonyl (C=O) groups is 1. The van der Waals surface area contributed by atoms with E-state index in [1.165, 1.54) is 19.3 Å². The largest absolute Gasteiger partial charge is 0.294 e. The zero-order valence-corrected chi connectivity index (χ0v) is 12.5. The second kappa shape index (κ2) is 7.88. The molecule has 3 heteroatoms. The molecule has 0 saturated heterocycles. The van der Waals surface area contributed by atoms with Crippen molar-refractivity contribution in [1.82, 2.24) is 0 Å². The van der Waals surface area contributed by atoms with Gasteiger partial charge >= 0.3 is 0 Å². The molecule has 0 atom stereocenters. The van der Waals surface area contributed by atoms with Gasteiger partial charge in [0.2, 0.25) is 0 Å². The summed E-state index contributed by atoms with van der Waals surface area (Å²) in [4.78, 5) is 11.9. The highest BCUT2D eigenvalue weighted by atomic mass is 79.9. The molecule has 1 rings (SSSR count). The lowest BCUT2D eigenvalue weighted by Crippen LogP contribution is -2.00. The third-order valence-electron chi connectivity index (χ3n) is 2.76. The molecule has 0 N–H and O–H groups in total. The van der Waals surface area contributed by atoms with E-state index in [0.29, 0.717) is 17.0 Å². The second-order valence-corrected chi connectivity index (χ2v) is 5.42. The van der Waals surface area contributed by atoms with Gasteiger partial charge < -0.3 is 0 Å². The van der Waals surface area contributed by atoms with E-state index in [2.05, 4.69) is 22.9 Å². The molecule has 0 unspecified atom stereocenters. The van der Waals surface area contributed by atoms with Crippen molar-refractivity contribution in [2.75, 3.05) is 0 Å². The van der Waals surface area contributed by atoms with Crippen LogP contribution < -0.4 is 0 Å². The molecular weight excluding hydrogens is 300 g/mol. The molecule has 0 fully saturated rings. The lowest BCUT2D eigenvalue weighted by atomic mass is 10.0. The van der Waals surface area contributed by atoms with Gasteiger partial charge in [-0.2, -0.15) is 0 Å². The minimum atomic E-state index is 0.146. The summed E-state index contributed by atoms with van der Waals surface area (Å²) in [5, 5.41) is 0.533. The lowest BCUT2D eigenvalue weighted by molar-refractivity contribution is 0.0979. The molecule has 0 aliphatic carbocycles. The number of ketones is 1. The van der Waals surface area contributed by atoms with Crippen LogP contribution in [0.2, 0.25) is 5.02 Å². The van der Waals surface area contributed by atoms with Crippen molar-refractivity contribution < 1.29 is 4.79 Å². The van der Waals surface area contributed by atoms with E-state index in [-0.39, 0.29) is 5.78 Å². The molecule has 1 aromatic rings. The summed E-state index contributed by atoms with van der Waals surface area (Å²) in [7, 11) is 0. The van der Waals surface area contributed by atoms with Gasteiger partial charge in [0.25, 0.3) is 0 Å². The Balaban J connectivity index is 2.44. The predicted octanol–water partition coefficient (Wildman–Crippen LogP) is 5.65. The zero-order valence-electron chi connectivity index (χ0n) is 10.1. The van der Waals surface area contributed by atoms with Crippen LogP contribution in [0.3, 0.4) is 0 Å². The van der Waals surface area contributed by atoms with Crippen molar-refractivity contribution in [1.29, 1.82) is 0 Å². The molecule has 0 aromatic heterocycles. The van der Waals surface area contributed by atoms with Crippen molar-refractivity contribution in [3.8, 4) is 0 Å². The first kappa shape index (κ1) is 14.7. The zero-order chi connectivity index (χ0) is 12.7. The Kier molecular flexibility index (Phi) is 6.83. The number of hydrogen-bond acceptors (Lipinski definition) is 1. The van der Waals surface area contributed by atoms with Crippen molar-refractivity contribution >= 4 is 33.3 Å². The third kappa shape index (κ3) is 4.81. The molecule has 1 nitrogen and oxygen atoms in total. The Morgan fingerprint density at radius 3 is 2.65 bits per heavy atom. The van der Waals surface area contributed by atoms with E-state index < -0.39 is 0 Å². The fourth-order valence-corrected chi connectivity index (χ4v) is 2.34. The Morgan fingerprint density at radius 1 is 1.24 bits per heavy atom. The number of unbranched alkanes of at least 4 members (excludes halogenated alkanes) is 4. The maximum atomic E-state index is 11.9. The molecule has 0 spiro atoms. The second-order valence-electron chi connectivity index (χ2n) is 4.19. The first-order valence-corrected chi connectivity index (χ1v) is 7.31. The molecule has 1 aromatic carbocycles. The third-order valence-corrected chi connectivity index (χ3v) is 4.06. The summed E-state index contributed by atoms with van der Waals surface area (Å²) in [5.41, 5.74) is 0.636. The quantitative estimate of drug-likeness (QED) is 0.469. The average molecular weight is 318 g/mol. The van der Waals surface area contributed by atoms with Gasteiger partial charge in [-0.1, -0.05) is 50.3 Å². The molecule has 0 aliphatic heterocycles. The van der Waals surface area contributed by atoms with Gasteiger partial charge in [0.15, 0.2) is 5.78 Å². The molecule has 0 radical (unpaired) electrons. The van der Waals surface area contributed by atoms with E-state index in [1.54, 1.807) is 6.07 Å². The Morgan fingerprint density at radius 2 is 1.94 bits per heavy atom. The summed E-state index contributed by atoms with van der Waals surface area (Å²) >= 11 is 9.42. The van der Waals surface area contributed by atoms with Gasteiger partial charge in [-0.25, -0.2) is 0 Å². The van der Waals surface area contributed by atoms with Gasteiger partial charge in [0.1, 0.15) is 0 Å². The summed E-state index contributed by atoms with van der Waals surface area (Å²) in [5.74, 6) is 0.146. The smallest absolute Gasteiger partial charge is 0.164 e. The van der Waals surface area contributed by atoms with Crippen LogP contribution in [0.5, 0.6) is 0 Å². The summed E-state index contributed by atoms with van der Waals surface area (Å²) < 4.78 is 0.788. The van der Waals surface area contributed by atoms with E-state index >= 15 is 0 Å². The molecule has 0 aliphatic rings. The maximum absolute atomic E-state index is 11.9. The van der Waals surface area contributed by atoms with Crippen molar-refractivity contribution in [2.45, 2.75) is 45.4 Å². The number of rotatable bonds is 7. The van der Waals surface area contributed by atoms with Crippen LogP contribution >= 0.6 is 27.5 Å². The van der Waals surface area contributed by atoms with Gasteiger partial charge in [0, 0.05) is 16.5 Å². The fraction of sp³-hybridized carbons (Fsp3) is 0.500. The molecule has 0 bridgehead atoms. The van der Waals surface area contributed by atoms with Crippen molar-refractivity contribution in [3.63, 3.8) is 0 Å². The van der Waals surface area contributed by atoms with Gasteiger partial charge in [-0.05, 0) is 34.5 Å². The SMILES string of the molecule is CCCCCCCC(=O)c1cccc(Br)c1Cl. The maximum Gasteiger partial charge on any atom is 0.164 e. The number of carbonyl (C=O) groups excluding carboxylic acids is 1. The first-order chi connectivity index (χ1) is 8.16. The van der Waals surface area contributed by atoms with Gasteiger partial charge in [0.05, 0.1) is 5.02 Å². The minimum absolute atomic E-state index is 0.146. The highest BCUT2D eigenvalue weighted by Crippen LogP contribution is 2.27. The van der Waals surface area contributed by atoms with Crippen molar-refractivity contribution in [2.24, 2.45) is 0 Å².